The van der Waals surface area contributed by atoms with Crippen molar-refractivity contribution >= 4 is 38.0 Å². The van der Waals surface area contributed by atoms with Crippen LogP contribution in [0.1, 0.15) is 22.6 Å². The van der Waals surface area contributed by atoms with Crippen LogP contribution in [0.4, 0.5) is 5.69 Å². The topological polar surface area (TPSA) is 26.0 Å². The second kappa shape index (κ2) is 6.45. The van der Waals surface area contributed by atoms with E-state index < -0.39 is 0 Å². The Morgan fingerprint density at radius 1 is 0.469 bits per heavy atom. The van der Waals surface area contributed by atoms with Gasteiger partial charge >= 0.3 is 0 Å². The number of hydrogen-bond donors (Lipinski definition) is 1. The van der Waals surface area contributed by atoms with Crippen molar-refractivity contribution in [2.75, 3.05) is 5.73 Å². The first-order chi connectivity index (χ1) is 15.8. The van der Waals surface area contributed by atoms with Gasteiger partial charge < -0.3 is 5.73 Å². The first-order valence-electron chi connectivity index (χ1n) is 11.1. The van der Waals surface area contributed by atoms with E-state index in [0.717, 1.165) is 5.69 Å². The van der Waals surface area contributed by atoms with Gasteiger partial charge in [0.05, 0.1) is 0 Å². The smallest absolute Gasteiger partial charge is 0.0358 e. The minimum Gasteiger partial charge on any atom is -0.399 e. The highest BCUT2D eigenvalue weighted by Gasteiger charge is 2.34. The summed E-state index contributed by atoms with van der Waals surface area (Å²) < 4.78 is 0. The van der Waals surface area contributed by atoms with Gasteiger partial charge in [-0.15, -0.1) is 0 Å². The molecular weight excluding hydrogens is 386 g/mol. The molecule has 6 aromatic carbocycles. The average Bonchev–Trinajstić information content (AvgIpc) is 3.21. The van der Waals surface area contributed by atoms with Crippen LogP contribution in [0.3, 0.4) is 0 Å². The minimum atomic E-state index is 0.180. The lowest BCUT2D eigenvalue weighted by atomic mass is 9.85. The third kappa shape index (κ3) is 2.28. The van der Waals surface area contributed by atoms with E-state index in [0.29, 0.717) is 0 Å². The van der Waals surface area contributed by atoms with Gasteiger partial charge in [0.25, 0.3) is 0 Å². The third-order valence-corrected chi connectivity index (χ3v) is 7.05. The summed E-state index contributed by atoms with van der Waals surface area (Å²) in [5, 5.41) is 7.91. The Labute approximate surface area is 186 Å². The molecule has 0 fully saturated rings. The average molecular weight is 408 g/mol. The molecule has 0 spiro atoms. The van der Waals surface area contributed by atoms with Crippen LogP contribution in [0, 0.1) is 0 Å². The van der Waals surface area contributed by atoms with Crippen LogP contribution >= 0.6 is 0 Å². The van der Waals surface area contributed by atoms with Gasteiger partial charge in [-0.05, 0) is 72.3 Å². The summed E-state index contributed by atoms with van der Waals surface area (Å²) in [6.45, 7) is 0. The Balaban J connectivity index is 1.74. The Kier molecular flexibility index (Phi) is 3.54. The number of hydrogen-bond acceptors (Lipinski definition) is 1. The monoisotopic (exact) mass is 407 g/mol. The van der Waals surface area contributed by atoms with E-state index in [-0.39, 0.29) is 5.92 Å². The summed E-state index contributed by atoms with van der Waals surface area (Å²) >= 11 is 0. The predicted octanol–water partition coefficient (Wildman–Crippen LogP) is 7.89. The van der Waals surface area contributed by atoms with Crippen molar-refractivity contribution in [3.05, 3.63) is 126 Å². The summed E-state index contributed by atoms with van der Waals surface area (Å²) in [4.78, 5) is 0. The number of fused-ring (bicyclic) bond motifs is 10. The quantitative estimate of drug-likeness (QED) is 0.217. The van der Waals surface area contributed by atoms with Crippen LogP contribution < -0.4 is 5.73 Å². The first kappa shape index (κ1) is 17.6. The van der Waals surface area contributed by atoms with Crippen molar-refractivity contribution in [1.29, 1.82) is 0 Å². The van der Waals surface area contributed by atoms with E-state index in [4.69, 9.17) is 5.73 Å². The van der Waals surface area contributed by atoms with Gasteiger partial charge in [0.1, 0.15) is 0 Å². The number of nitrogens with two attached hydrogens (primary N) is 1. The normalized spacial score (nSPS) is 14.7. The second-order valence-electron chi connectivity index (χ2n) is 8.73. The van der Waals surface area contributed by atoms with Gasteiger partial charge in [0.2, 0.25) is 0 Å². The van der Waals surface area contributed by atoms with E-state index in [1.165, 1.54) is 60.1 Å². The molecule has 1 aliphatic carbocycles. The van der Waals surface area contributed by atoms with E-state index in [1.807, 2.05) is 12.1 Å². The highest BCUT2D eigenvalue weighted by atomic mass is 14.5. The molecule has 32 heavy (non-hydrogen) atoms. The van der Waals surface area contributed by atoms with Crippen molar-refractivity contribution in [2.45, 2.75) is 5.92 Å². The summed E-state index contributed by atoms with van der Waals surface area (Å²) in [5.74, 6) is 0.180. The number of benzene rings is 6. The van der Waals surface area contributed by atoms with Crippen LogP contribution in [0.25, 0.3) is 43.4 Å². The predicted molar refractivity (Wildman–Crippen MR) is 136 cm³/mol. The molecule has 0 saturated carbocycles. The molecular formula is C31H21N. The molecule has 0 heterocycles. The fourth-order valence-electron chi connectivity index (χ4n) is 5.74. The van der Waals surface area contributed by atoms with Gasteiger partial charge in [-0.1, -0.05) is 97.1 Å². The molecule has 2 N–H and O–H groups in total. The van der Waals surface area contributed by atoms with E-state index in [9.17, 15) is 0 Å². The zero-order valence-electron chi connectivity index (χ0n) is 17.5. The van der Waals surface area contributed by atoms with Gasteiger partial charge in [0.15, 0.2) is 0 Å². The molecule has 1 unspecified atom stereocenters. The first-order valence-corrected chi connectivity index (χ1v) is 11.1. The molecule has 0 bridgehead atoms. The molecule has 0 aliphatic heterocycles. The van der Waals surface area contributed by atoms with E-state index in [2.05, 4.69) is 97.1 Å². The maximum atomic E-state index is 6.05. The molecule has 0 saturated heterocycles. The maximum absolute atomic E-state index is 6.05. The van der Waals surface area contributed by atoms with E-state index in [1.54, 1.807) is 0 Å². The number of rotatable bonds is 1. The van der Waals surface area contributed by atoms with Crippen molar-refractivity contribution in [3.8, 4) is 11.1 Å². The van der Waals surface area contributed by atoms with Crippen LogP contribution in [0.2, 0.25) is 0 Å². The van der Waals surface area contributed by atoms with Gasteiger partial charge in [0, 0.05) is 11.6 Å². The largest absolute Gasteiger partial charge is 0.399 e. The number of nitrogen functional groups attached to an aromatic ring is 1. The molecule has 0 radical (unpaired) electrons. The Bertz CT molecular complexity index is 1680. The SMILES string of the molecule is Nc1ccc(C2c3ccc4ccccc4c3-c3c2c2ccccc2c2ccccc32)cc1. The fraction of sp³-hybridized carbons (Fsp3) is 0.0323. The van der Waals surface area contributed by atoms with Crippen molar-refractivity contribution in [1.82, 2.24) is 0 Å². The van der Waals surface area contributed by atoms with Crippen LogP contribution in [0.5, 0.6) is 0 Å². The molecule has 1 atom stereocenters. The zero-order chi connectivity index (χ0) is 21.2. The Morgan fingerprint density at radius 2 is 1.06 bits per heavy atom. The Morgan fingerprint density at radius 3 is 1.81 bits per heavy atom. The zero-order valence-corrected chi connectivity index (χ0v) is 17.5. The third-order valence-electron chi connectivity index (χ3n) is 7.05. The molecule has 150 valence electrons. The lowest BCUT2D eigenvalue weighted by Crippen LogP contribution is -2.01. The van der Waals surface area contributed by atoms with Crippen molar-refractivity contribution in [2.24, 2.45) is 0 Å². The highest BCUT2D eigenvalue weighted by molar-refractivity contribution is 6.21. The van der Waals surface area contributed by atoms with E-state index >= 15 is 0 Å². The van der Waals surface area contributed by atoms with Crippen LogP contribution in [-0.4, -0.2) is 0 Å². The summed E-state index contributed by atoms with van der Waals surface area (Å²) in [6.07, 6.45) is 0. The van der Waals surface area contributed by atoms with Gasteiger partial charge in [-0.25, -0.2) is 0 Å². The lowest BCUT2D eigenvalue weighted by molar-refractivity contribution is 1.03. The Hall–Kier alpha value is -4.10. The van der Waals surface area contributed by atoms with Gasteiger partial charge in [-0.3, -0.25) is 0 Å². The molecule has 0 aromatic heterocycles. The fourth-order valence-corrected chi connectivity index (χ4v) is 5.74. The molecule has 1 heteroatoms. The minimum absolute atomic E-state index is 0.180. The van der Waals surface area contributed by atoms with Gasteiger partial charge in [-0.2, -0.15) is 0 Å². The number of anilines is 1. The molecule has 6 aromatic rings. The molecule has 1 nitrogen and oxygen atoms in total. The molecule has 7 rings (SSSR count). The lowest BCUT2D eigenvalue weighted by Gasteiger charge is -2.18. The highest BCUT2D eigenvalue weighted by Crippen LogP contribution is 2.55. The standard InChI is InChI=1S/C31H21N/c32-21-16-13-20(14-17-21)28-27-18-15-19-7-1-2-8-22(19)29(27)31-26-12-6-4-10-24(26)23-9-3-5-11-25(23)30(28)31/h1-18,28H,32H2. The maximum Gasteiger partial charge on any atom is 0.0358 e. The van der Waals surface area contributed by atoms with Crippen molar-refractivity contribution < 1.29 is 0 Å². The van der Waals surface area contributed by atoms with Crippen LogP contribution in [-0.2, 0) is 0 Å². The summed E-state index contributed by atoms with van der Waals surface area (Å²) in [7, 11) is 0. The van der Waals surface area contributed by atoms with Crippen LogP contribution in [0.15, 0.2) is 109 Å². The molecule has 1 aliphatic rings. The molecule has 0 amide bonds. The van der Waals surface area contributed by atoms with Crippen molar-refractivity contribution in [3.63, 3.8) is 0 Å². The summed E-state index contributed by atoms with van der Waals surface area (Å²) in [5.41, 5.74) is 13.7. The second-order valence-corrected chi connectivity index (χ2v) is 8.73. The summed E-state index contributed by atoms with van der Waals surface area (Å²) in [6, 6.07) is 39.5.